The van der Waals surface area contributed by atoms with Gasteiger partial charge >= 0.3 is 34.1 Å². The third-order valence-electron chi connectivity index (χ3n) is 8.45. The van der Waals surface area contributed by atoms with Crippen molar-refractivity contribution in [2.24, 2.45) is 0 Å². The van der Waals surface area contributed by atoms with Crippen molar-refractivity contribution < 1.29 is 31.8 Å². The Kier molecular flexibility index (Phi) is 10.2. The average Bonchev–Trinajstić information content (AvgIpc) is 3.16. The molecule has 0 fully saturated rings. The van der Waals surface area contributed by atoms with Crippen LogP contribution in [0.4, 0.5) is 17.6 Å². The third-order valence-corrected chi connectivity index (χ3v) is 8.45. The minimum atomic E-state index is -1.72. The maximum atomic E-state index is 14.8. The van der Waals surface area contributed by atoms with Crippen LogP contribution in [0.15, 0.2) is 114 Å². The van der Waals surface area contributed by atoms with Crippen molar-refractivity contribution in [1.29, 1.82) is 0 Å². The first-order valence-corrected chi connectivity index (χ1v) is 15.9. The fraction of sp³-hybridized carbons (Fsp3) is 0.139. The number of halogens is 4. The minimum absolute atomic E-state index is 0.109. The van der Waals surface area contributed by atoms with E-state index in [0.717, 1.165) is 36.4 Å². The van der Waals surface area contributed by atoms with E-state index in [-0.39, 0.29) is 41.1 Å². The molecule has 6 rings (SSSR count). The summed E-state index contributed by atoms with van der Waals surface area (Å²) >= 11 is 0. The first kappa shape index (κ1) is 37.4. The Morgan fingerprint density at radius 1 is 0.509 bits per heavy atom. The van der Waals surface area contributed by atoms with E-state index in [1.54, 1.807) is 0 Å². The van der Waals surface area contributed by atoms with Gasteiger partial charge in [0.1, 0.15) is 41.3 Å². The van der Waals surface area contributed by atoms with Gasteiger partial charge in [-0.05, 0) is 48.5 Å². The van der Waals surface area contributed by atoms with Crippen molar-refractivity contribution in [2.45, 2.75) is 19.6 Å². The maximum Gasteiger partial charge on any atom is 0.348 e. The van der Waals surface area contributed by atoms with Crippen LogP contribution in [-0.2, 0) is 19.6 Å². The number of rotatable bonds is 10. The molecule has 6 aromatic rings. The molecular formula is C36H26F4N6O9. The number of ether oxygens (including phenoxy) is 2. The highest BCUT2D eigenvalue weighted by molar-refractivity contribution is 5.78. The summed E-state index contributed by atoms with van der Waals surface area (Å²) in [6, 6.07) is 15.9. The van der Waals surface area contributed by atoms with Gasteiger partial charge in [-0.2, -0.15) is 4.57 Å². The molecule has 0 amide bonds. The van der Waals surface area contributed by atoms with Crippen LogP contribution in [0.5, 0.6) is 11.5 Å². The third kappa shape index (κ3) is 6.85. The van der Waals surface area contributed by atoms with Crippen molar-refractivity contribution in [3.63, 3.8) is 0 Å². The zero-order valence-corrected chi connectivity index (χ0v) is 28.6. The van der Waals surface area contributed by atoms with E-state index in [9.17, 15) is 51.1 Å². The summed E-state index contributed by atoms with van der Waals surface area (Å²) in [4.78, 5) is 97.1. The van der Waals surface area contributed by atoms with Gasteiger partial charge in [0.2, 0.25) is 0 Å². The number of carbonyl (C=O) groups is 1. The molecule has 0 N–H and O–H groups in total. The molecule has 0 radical (unpaired) electrons. The molecular weight excluding hydrogens is 736 g/mol. The molecule has 55 heavy (non-hydrogen) atoms. The van der Waals surface area contributed by atoms with Crippen LogP contribution in [0.2, 0.25) is 0 Å². The molecule has 19 heteroatoms. The smallest absolute Gasteiger partial charge is 0.348 e. The minimum Gasteiger partial charge on any atom is -0.497 e. The molecule has 0 aliphatic carbocycles. The first-order chi connectivity index (χ1) is 26.3. The van der Waals surface area contributed by atoms with Crippen LogP contribution < -0.4 is 43.6 Å². The summed E-state index contributed by atoms with van der Waals surface area (Å²) in [6.07, 6.45) is 0. The van der Waals surface area contributed by atoms with Gasteiger partial charge in [0.25, 0.3) is 5.91 Å². The number of hydrogen-bond acceptors (Lipinski definition) is 9. The fourth-order valence-electron chi connectivity index (χ4n) is 5.67. The van der Waals surface area contributed by atoms with Gasteiger partial charge in [-0.15, -0.1) is 0 Å². The second-order valence-corrected chi connectivity index (χ2v) is 11.7. The van der Waals surface area contributed by atoms with Crippen molar-refractivity contribution in [1.82, 2.24) is 27.4 Å². The number of hydrogen-bond donors (Lipinski definition) is 0. The van der Waals surface area contributed by atoms with Gasteiger partial charge in [0.05, 0.1) is 38.7 Å². The van der Waals surface area contributed by atoms with E-state index in [0.29, 0.717) is 9.13 Å². The summed E-state index contributed by atoms with van der Waals surface area (Å²) in [7, 11) is 2.54. The highest BCUT2D eigenvalue weighted by Crippen LogP contribution is 2.17. The van der Waals surface area contributed by atoms with E-state index in [1.807, 2.05) is 0 Å². The molecule has 0 saturated heterocycles. The normalized spacial score (nSPS) is 11.1. The molecule has 0 bridgehead atoms. The highest BCUT2D eigenvalue weighted by atomic mass is 19.1. The first-order valence-electron chi connectivity index (χ1n) is 15.9. The van der Waals surface area contributed by atoms with Gasteiger partial charge in [-0.1, -0.05) is 24.3 Å². The zero-order chi connectivity index (χ0) is 39.7. The molecule has 4 aromatic carbocycles. The lowest BCUT2D eigenvalue weighted by molar-refractivity contribution is 0.0869. The summed E-state index contributed by atoms with van der Waals surface area (Å²) in [5.74, 6) is -6.09. The van der Waals surface area contributed by atoms with E-state index in [1.165, 1.54) is 62.8 Å². The lowest BCUT2D eigenvalue weighted by atomic mass is 10.2. The van der Waals surface area contributed by atoms with Crippen LogP contribution in [0, 0.1) is 23.3 Å². The Bertz CT molecular complexity index is 2850. The van der Waals surface area contributed by atoms with Gasteiger partial charge in [0, 0.05) is 23.3 Å². The van der Waals surface area contributed by atoms with Crippen molar-refractivity contribution in [2.75, 3.05) is 14.2 Å². The SMILES string of the molecule is COc1cccc(-n2c(=O)n(CC(=O)n3c(=O)n(Cc4c(F)cccc4F)c(=O)n(-c4cccc(OC)c4)c3=O)c(=O)n(Cc3c(F)cccc3F)c2=O)c1. The Morgan fingerprint density at radius 3 is 1.33 bits per heavy atom. The van der Waals surface area contributed by atoms with Gasteiger partial charge in [0.15, 0.2) is 0 Å². The van der Waals surface area contributed by atoms with Crippen LogP contribution in [0.1, 0.15) is 15.9 Å². The molecule has 0 atom stereocenters. The van der Waals surface area contributed by atoms with E-state index in [2.05, 4.69) is 0 Å². The largest absolute Gasteiger partial charge is 0.497 e. The van der Waals surface area contributed by atoms with Crippen molar-refractivity contribution in [3.05, 3.63) is 182 Å². The maximum absolute atomic E-state index is 14.8. The van der Waals surface area contributed by atoms with Gasteiger partial charge in [-0.25, -0.2) is 69.2 Å². The lowest BCUT2D eigenvalue weighted by Crippen LogP contribution is -2.58. The molecule has 0 aliphatic heterocycles. The molecule has 0 unspecified atom stereocenters. The summed E-state index contributed by atoms with van der Waals surface area (Å²) in [6.45, 7) is -3.70. The number of methoxy groups -OCH3 is 2. The van der Waals surface area contributed by atoms with Crippen molar-refractivity contribution >= 4 is 5.91 Å². The standard InChI is InChI=1S/C36H26F4N6O9/c1-54-22-9-3-7-20(15-22)44-32(49)41(17-24-26(37)11-5-12-27(24)38)31(48)43(34(44)51)19-30(47)46-35(52)42(18-25-28(39)13-6-14-29(25)40)33(50)45(36(46)53)21-8-4-10-23(16-21)55-2/h3-16H,17-19H2,1-2H3. The molecule has 15 nitrogen and oxygen atoms in total. The number of benzene rings is 4. The predicted octanol–water partition coefficient (Wildman–Crippen LogP) is 1.65. The van der Waals surface area contributed by atoms with E-state index >= 15 is 0 Å². The van der Waals surface area contributed by atoms with Gasteiger partial charge in [-0.3, -0.25) is 4.79 Å². The lowest BCUT2D eigenvalue weighted by Gasteiger charge is -2.16. The Labute approximate surface area is 304 Å². The summed E-state index contributed by atoms with van der Waals surface area (Å²) in [5.41, 5.74) is -11.3. The number of aromatic nitrogens is 6. The summed E-state index contributed by atoms with van der Waals surface area (Å²) in [5, 5.41) is 0. The van der Waals surface area contributed by atoms with E-state index in [4.69, 9.17) is 9.47 Å². The monoisotopic (exact) mass is 762 g/mol. The predicted molar refractivity (Wildman–Crippen MR) is 186 cm³/mol. The molecule has 2 heterocycles. The Morgan fingerprint density at radius 2 is 0.891 bits per heavy atom. The van der Waals surface area contributed by atoms with Crippen molar-refractivity contribution in [3.8, 4) is 22.9 Å². The number of carbonyl (C=O) groups excluding carboxylic acids is 1. The second kappa shape index (κ2) is 15.0. The molecule has 0 spiro atoms. The average molecular weight is 763 g/mol. The van der Waals surface area contributed by atoms with Crippen LogP contribution in [0.25, 0.3) is 11.4 Å². The second-order valence-electron chi connectivity index (χ2n) is 11.7. The topological polar surface area (TPSA) is 168 Å². The van der Waals surface area contributed by atoms with Crippen LogP contribution in [0.3, 0.4) is 0 Å². The number of nitrogens with zero attached hydrogens (tertiary/aromatic N) is 6. The highest BCUT2D eigenvalue weighted by Gasteiger charge is 2.27. The fourth-order valence-corrected chi connectivity index (χ4v) is 5.67. The van der Waals surface area contributed by atoms with Crippen LogP contribution in [-0.4, -0.2) is 47.5 Å². The molecule has 0 saturated carbocycles. The molecule has 0 aliphatic rings. The zero-order valence-electron chi connectivity index (χ0n) is 28.6. The van der Waals surface area contributed by atoms with Crippen LogP contribution >= 0.6 is 0 Å². The quantitative estimate of drug-likeness (QED) is 0.189. The molecule has 282 valence electrons. The molecule has 2 aromatic heterocycles. The Balaban J connectivity index is 1.61. The van der Waals surface area contributed by atoms with E-state index < -0.39 is 94.1 Å². The van der Waals surface area contributed by atoms with Gasteiger partial charge < -0.3 is 9.47 Å². The summed E-state index contributed by atoms with van der Waals surface area (Å²) < 4.78 is 70.5. The Hall–Kier alpha value is -7.31.